The van der Waals surface area contributed by atoms with Gasteiger partial charge in [0.25, 0.3) is 0 Å². The van der Waals surface area contributed by atoms with E-state index in [9.17, 15) is 0 Å². The van der Waals surface area contributed by atoms with Gasteiger partial charge in [-0.3, -0.25) is 0 Å². The Balaban J connectivity index is 2.41. The summed E-state index contributed by atoms with van der Waals surface area (Å²) in [5, 5.41) is -0.195. The third-order valence-corrected chi connectivity index (χ3v) is 2.95. The molecule has 2 aromatic rings. The molecule has 2 rings (SSSR count). The number of rotatable bonds is 2. The summed E-state index contributed by atoms with van der Waals surface area (Å²) in [6.45, 7) is 4.13. The van der Waals surface area contributed by atoms with E-state index in [-0.39, 0.29) is 5.38 Å². The quantitative estimate of drug-likeness (QED) is 0.691. The molecule has 78 valence electrons. The molecule has 0 aliphatic carbocycles. The molecule has 0 bridgehead atoms. The van der Waals surface area contributed by atoms with Crippen molar-refractivity contribution < 1.29 is 4.42 Å². The van der Waals surface area contributed by atoms with Crippen LogP contribution in [-0.4, -0.2) is 0 Å². The molecule has 0 saturated carbocycles. The molecule has 0 amide bonds. The van der Waals surface area contributed by atoms with Gasteiger partial charge in [0.05, 0.1) is 6.26 Å². The number of halogens is 1. The Morgan fingerprint density at radius 2 is 2.00 bits per heavy atom. The SMILES string of the molecule is Cc1ccc(C)c(C(Cl)c2ccco2)c1. The van der Waals surface area contributed by atoms with Crippen LogP contribution >= 0.6 is 11.6 Å². The van der Waals surface area contributed by atoms with Crippen molar-refractivity contribution in [3.8, 4) is 0 Å². The van der Waals surface area contributed by atoms with Gasteiger partial charge in [-0.2, -0.15) is 0 Å². The first-order valence-corrected chi connectivity index (χ1v) is 5.37. The summed E-state index contributed by atoms with van der Waals surface area (Å²) in [6.07, 6.45) is 1.65. The Hall–Kier alpha value is -1.21. The first-order chi connectivity index (χ1) is 7.18. The zero-order valence-electron chi connectivity index (χ0n) is 8.83. The number of alkyl halides is 1. The summed E-state index contributed by atoms with van der Waals surface area (Å²) < 4.78 is 5.31. The van der Waals surface area contributed by atoms with Crippen LogP contribution in [0.3, 0.4) is 0 Å². The van der Waals surface area contributed by atoms with Crippen LogP contribution in [0.5, 0.6) is 0 Å². The van der Waals surface area contributed by atoms with Crippen molar-refractivity contribution in [1.29, 1.82) is 0 Å². The average Bonchev–Trinajstić information content (AvgIpc) is 2.74. The van der Waals surface area contributed by atoms with E-state index in [1.165, 1.54) is 11.1 Å². The van der Waals surface area contributed by atoms with Crippen LogP contribution in [0.4, 0.5) is 0 Å². The number of hydrogen-bond donors (Lipinski definition) is 0. The predicted octanol–water partition coefficient (Wildman–Crippen LogP) is 4.22. The second-order valence-electron chi connectivity index (χ2n) is 3.74. The van der Waals surface area contributed by atoms with Gasteiger partial charge in [-0.25, -0.2) is 0 Å². The van der Waals surface area contributed by atoms with Gasteiger partial charge >= 0.3 is 0 Å². The van der Waals surface area contributed by atoms with Crippen molar-refractivity contribution in [2.45, 2.75) is 19.2 Å². The van der Waals surface area contributed by atoms with E-state index < -0.39 is 0 Å². The van der Waals surface area contributed by atoms with E-state index >= 15 is 0 Å². The molecule has 2 heteroatoms. The highest BCUT2D eigenvalue weighted by molar-refractivity contribution is 6.22. The number of benzene rings is 1. The lowest BCUT2D eigenvalue weighted by Gasteiger charge is -2.11. The molecule has 0 aliphatic heterocycles. The molecular weight excluding hydrogens is 208 g/mol. The second-order valence-corrected chi connectivity index (χ2v) is 4.17. The van der Waals surface area contributed by atoms with Gasteiger partial charge in [0.2, 0.25) is 0 Å². The normalized spacial score (nSPS) is 12.7. The first kappa shape index (κ1) is 10.3. The molecule has 1 nitrogen and oxygen atoms in total. The highest BCUT2D eigenvalue weighted by Gasteiger charge is 2.15. The van der Waals surface area contributed by atoms with Crippen molar-refractivity contribution in [2.24, 2.45) is 0 Å². The van der Waals surface area contributed by atoms with Gasteiger partial charge in [0.1, 0.15) is 11.1 Å². The van der Waals surface area contributed by atoms with E-state index in [0.717, 1.165) is 11.3 Å². The van der Waals surface area contributed by atoms with Crippen LogP contribution < -0.4 is 0 Å². The molecule has 0 aliphatic rings. The zero-order chi connectivity index (χ0) is 10.8. The standard InChI is InChI=1S/C13H13ClO/c1-9-5-6-10(2)11(8-9)13(14)12-4-3-7-15-12/h3-8,13H,1-2H3. The Morgan fingerprint density at radius 1 is 1.20 bits per heavy atom. The maximum atomic E-state index is 6.36. The lowest BCUT2D eigenvalue weighted by atomic mass is 10.0. The van der Waals surface area contributed by atoms with Gasteiger partial charge in [0.15, 0.2) is 0 Å². The molecule has 1 aromatic carbocycles. The Labute approximate surface area is 94.7 Å². The Kier molecular flexibility index (Phi) is 2.83. The molecular formula is C13H13ClO. The minimum Gasteiger partial charge on any atom is -0.467 e. The monoisotopic (exact) mass is 220 g/mol. The average molecular weight is 221 g/mol. The third-order valence-electron chi connectivity index (χ3n) is 2.50. The maximum Gasteiger partial charge on any atom is 0.126 e. The van der Waals surface area contributed by atoms with Crippen LogP contribution in [0.2, 0.25) is 0 Å². The number of furan rings is 1. The summed E-state index contributed by atoms with van der Waals surface area (Å²) in [7, 11) is 0. The molecule has 0 saturated heterocycles. The fraction of sp³-hybridized carbons (Fsp3) is 0.231. The molecule has 0 spiro atoms. The van der Waals surface area contributed by atoms with Crippen LogP contribution in [0, 0.1) is 13.8 Å². The van der Waals surface area contributed by atoms with E-state index in [1.54, 1.807) is 6.26 Å². The van der Waals surface area contributed by atoms with E-state index in [4.69, 9.17) is 16.0 Å². The van der Waals surface area contributed by atoms with Crippen LogP contribution in [0.25, 0.3) is 0 Å². The summed E-state index contributed by atoms with van der Waals surface area (Å²) in [5.41, 5.74) is 3.52. The molecule has 0 radical (unpaired) electrons. The van der Waals surface area contributed by atoms with Crippen LogP contribution in [-0.2, 0) is 0 Å². The highest BCUT2D eigenvalue weighted by atomic mass is 35.5. The van der Waals surface area contributed by atoms with E-state index in [1.807, 2.05) is 12.1 Å². The Morgan fingerprint density at radius 3 is 2.67 bits per heavy atom. The van der Waals surface area contributed by atoms with Crippen LogP contribution in [0.15, 0.2) is 41.0 Å². The predicted molar refractivity (Wildman–Crippen MR) is 62.3 cm³/mol. The fourth-order valence-electron chi connectivity index (χ4n) is 1.62. The van der Waals surface area contributed by atoms with Crippen molar-refractivity contribution in [3.05, 3.63) is 59.0 Å². The summed E-state index contributed by atoms with van der Waals surface area (Å²) in [5.74, 6) is 0.797. The summed E-state index contributed by atoms with van der Waals surface area (Å²) >= 11 is 6.36. The summed E-state index contributed by atoms with van der Waals surface area (Å²) in [6, 6.07) is 10.0. The molecule has 15 heavy (non-hydrogen) atoms. The van der Waals surface area contributed by atoms with Gasteiger partial charge in [0, 0.05) is 0 Å². The fourth-order valence-corrected chi connectivity index (χ4v) is 1.98. The Bertz CT molecular complexity index is 446. The smallest absolute Gasteiger partial charge is 0.126 e. The molecule has 1 aromatic heterocycles. The van der Waals surface area contributed by atoms with Gasteiger partial charge < -0.3 is 4.42 Å². The van der Waals surface area contributed by atoms with E-state index in [0.29, 0.717) is 0 Å². The minimum atomic E-state index is -0.195. The second kappa shape index (κ2) is 4.11. The molecule has 1 unspecified atom stereocenters. The molecule has 1 atom stereocenters. The molecule has 1 heterocycles. The zero-order valence-corrected chi connectivity index (χ0v) is 9.58. The minimum absolute atomic E-state index is 0.195. The third kappa shape index (κ3) is 2.07. The highest BCUT2D eigenvalue weighted by Crippen LogP contribution is 2.31. The van der Waals surface area contributed by atoms with E-state index in [2.05, 4.69) is 32.0 Å². The number of aryl methyl sites for hydroxylation is 2. The largest absolute Gasteiger partial charge is 0.467 e. The topological polar surface area (TPSA) is 13.1 Å². The molecule has 0 N–H and O–H groups in total. The van der Waals surface area contributed by atoms with Gasteiger partial charge in [-0.05, 0) is 37.1 Å². The number of hydrogen-bond acceptors (Lipinski definition) is 1. The van der Waals surface area contributed by atoms with Gasteiger partial charge in [-0.15, -0.1) is 11.6 Å². The summed E-state index contributed by atoms with van der Waals surface area (Å²) in [4.78, 5) is 0. The lowest BCUT2D eigenvalue weighted by molar-refractivity contribution is 0.516. The van der Waals surface area contributed by atoms with Crippen molar-refractivity contribution in [1.82, 2.24) is 0 Å². The van der Waals surface area contributed by atoms with Gasteiger partial charge in [-0.1, -0.05) is 23.8 Å². The van der Waals surface area contributed by atoms with Crippen LogP contribution in [0.1, 0.15) is 27.8 Å². The maximum absolute atomic E-state index is 6.36. The lowest BCUT2D eigenvalue weighted by Crippen LogP contribution is -1.95. The molecule has 0 fully saturated rings. The van der Waals surface area contributed by atoms with Crippen molar-refractivity contribution in [2.75, 3.05) is 0 Å². The first-order valence-electron chi connectivity index (χ1n) is 4.93. The van der Waals surface area contributed by atoms with Crippen molar-refractivity contribution in [3.63, 3.8) is 0 Å². The van der Waals surface area contributed by atoms with Crippen molar-refractivity contribution >= 4 is 11.6 Å².